The number of rotatable bonds is 5. The molecule has 0 radical (unpaired) electrons. The van der Waals surface area contributed by atoms with E-state index < -0.39 is 5.97 Å². The van der Waals surface area contributed by atoms with Crippen molar-refractivity contribution < 1.29 is 18.7 Å². The number of hydrogen-bond acceptors (Lipinski definition) is 3. The molecule has 0 aliphatic heterocycles. The van der Waals surface area contributed by atoms with Crippen molar-refractivity contribution in [3.63, 3.8) is 0 Å². The van der Waals surface area contributed by atoms with E-state index in [0.29, 0.717) is 5.56 Å². The average molecular weight is 286 g/mol. The van der Waals surface area contributed by atoms with Crippen LogP contribution >= 0.6 is 0 Å². The minimum absolute atomic E-state index is 0.0784. The summed E-state index contributed by atoms with van der Waals surface area (Å²) in [6.07, 6.45) is 0.206. The van der Waals surface area contributed by atoms with Crippen LogP contribution in [-0.4, -0.2) is 18.9 Å². The number of esters is 1. The highest BCUT2D eigenvalue weighted by molar-refractivity contribution is 5.97. The molecule has 0 aliphatic rings. The summed E-state index contributed by atoms with van der Waals surface area (Å²) in [5.74, 6) is -0.786. The molecule has 0 bridgehead atoms. The maximum Gasteiger partial charge on any atom is 0.305 e. The molecule has 0 aromatic heterocycles. The standard InChI is InChI=1S/C17H15FO3/c1-21-17(20)11-10-16(19)14-4-2-12(3-5-14)13-6-8-15(18)9-7-13/h2-9H,10-11H2,1H3. The van der Waals surface area contributed by atoms with Gasteiger partial charge in [0.05, 0.1) is 13.5 Å². The van der Waals surface area contributed by atoms with E-state index in [4.69, 9.17) is 0 Å². The second-order valence-electron chi connectivity index (χ2n) is 4.58. The molecule has 108 valence electrons. The Morgan fingerprint density at radius 3 is 1.95 bits per heavy atom. The number of ether oxygens (including phenoxy) is 1. The smallest absolute Gasteiger partial charge is 0.305 e. The quantitative estimate of drug-likeness (QED) is 0.622. The van der Waals surface area contributed by atoms with Crippen LogP contribution in [0, 0.1) is 5.82 Å². The minimum Gasteiger partial charge on any atom is -0.469 e. The largest absolute Gasteiger partial charge is 0.469 e. The topological polar surface area (TPSA) is 43.4 Å². The second kappa shape index (κ2) is 6.79. The van der Waals surface area contributed by atoms with Crippen molar-refractivity contribution in [1.82, 2.24) is 0 Å². The van der Waals surface area contributed by atoms with E-state index in [9.17, 15) is 14.0 Å². The molecule has 2 rings (SSSR count). The number of ketones is 1. The number of halogens is 1. The summed E-state index contributed by atoms with van der Waals surface area (Å²) >= 11 is 0. The first-order valence-electron chi connectivity index (χ1n) is 6.56. The second-order valence-corrected chi connectivity index (χ2v) is 4.58. The number of benzene rings is 2. The van der Waals surface area contributed by atoms with Gasteiger partial charge in [-0.3, -0.25) is 9.59 Å². The average Bonchev–Trinajstić information content (AvgIpc) is 2.53. The molecule has 21 heavy (non-hydrogen) atoms. The summed E-state index contributed by atoms with van der Waals surface area (Å²) in [6, 6.07) is 13.2. The van der Waals surface area contributed by atoms with E-state index in [-0.39, 0.29) is 24.4 Å². The van der Waals surface area contributed by atoms with Gasteiger partial charge in [-0.25, -0.2) is 4.39 Å². The Labute approximate surface area is 122 Å². The Balaban J connectivity index is 2.06. The van der Waals surface area contributed by atoms with Crippen molar-refractivity contribution in [2.75, 3.05) is 7.11 Å². The van der Waals surface area contributed by atoms with Gasteiger partial charge in [0.25, 0.3) is 0 Å². The van der Waals surface area contributed by atoms with E-state index in [1.807, 2.05) is 0 Å². The van der Waals surface area contributed by atoms with Crippen LogP contribution in [0.3, 0.4) is 0 Å². The molecule has 0 N–H and O–H groups in total. The predicted octanol–water partition coefficient (Wildman–Crippen LogP) is 3.63. The first-order chi connectivity index (χ1) is 10.1. The maximum absolute atomic E-state index is 12.9. The van der Waals surface area contributed by atoms with Crippen LogP contribution in [0.5, 0.6) is 0 Å². The highest BCUT2D eigenvalue weighted by atomic mass is 19.1. The molecule has 0 spiro atoms. The maximum atomic E-state index is 12.9. The van der Waals surface area contributed by atoms with Gasteiger partial charge in [-0.15, -0.1) is 0 Å². The fourth-order valence-electron chi connectivity index (χ4n) is 1.95. The van der Waals surface area contributed by atoms with Gasteiger partial charge in [0.1, 0.15) is 5.82 Å². The first kappa shape index (κ1) is 14.9. The van der Waals surface area contributed by atoms with Crippen molar-refractivity contribution in [2.24, 2.45) is 0 Å². The molecule has 3 nitrogen and oxygen atoms in total. The SMILES string of the molecule is COC(=O)CCC(=O)c1ccc(-c2ccc(F)cc2)cc1. The van der Waals surface area contributed by atoms with Crippen molar-refractivity contribution in [3.05, 3.63) is 59.9 Å². The fraction of sp³-hybridized carbons (Fsp3) is 0.176. The van der Waals surface area contributed by atoms with Gasteiger partial charge in [-0.2, -0.15) is 0 Å². The zero-order chi connectivity index (χ0) is 15.2. The van der Waals surface area contributed by atoms with Crippen molar-refractivity contribution >= 4 is 11.8 Å². The van der Waals surface area contributed by atoms with Crippen molar-refractivity contribution in [3.8, 4) is 11.1 Å². The monoisotopic (exact) mass is 286 g/mol. The Morgan fingerprint density at radius 1 is 0.905 bits per heavy atom. The van der Waals surface area contributed by atoms with Gasteiger partial charge in [0, 0.05) is 12.0 Å². The Morgan fingerprint density at radius 2 is 1.43 bits per heavy atom. The van der Waals surface area contributed by atoms with Crippen LogP contribution in [0.2, 0.25) is 0 Å². The predicted molar refractivity (Wildman–Crippen MR) is 77.4 cm³/mol. The Hall–Kier alpha value is -2.49. The van der Waals surface area contributed by atoms with Crippen LogP contribution in [0.15, 0.2) is 48.5 Å². The third-order valence-corrected chi connectivity index (χ3v) is 3.17. The summed E-state index contributed by atoms with van der Waals surface area (Å²) in [5, 5.41) is 0. The lowest BCUT2D eigenvalue weighted by Crippen LogP contribution is -2.05. The van der Waals surface area contributed by atoms with Crippen LogP contribution in [0.1, 0.15) is 23.2 Å². The Bertz CT molecular complexity index is 630. The summed E-state index contributed by atoms with van der Waals surface area (Å²) in [4.78, 5) is 22.9. The fourth-order valence-corrected chi connectivity index (χ4v) is 1.95. The molecular weight excluding hydrogens is 271 g/mol. The van der Waals surface area contributed by atoms with Gasteiger partial charge < -0.3 is 4.74 Å². The van der Waals surface area contributed by atoms with Crippen LogP contribution in [-0.2, 0) is 9.53 Å². The van der Waals surface area contributed by atoms with E-state index in [1.165, 1.54) is 19.2 Å². The van der Waals surface area contributed by atoms with Gasteiger partial charge in [0.2, 0.25) is 0 Å². The lowest BCUT2D eigenvalue weighted by Gasteiger charge is -2.04. The molecule has 0 saturated heterocycles. The molecule has 4 heteroatoms. The van der Waals surface area contributed by atoms with E-state index in [1.54, 1.807) is 36.4 Å². The van der Waals surface area contributed by atoms with Crippen molar-refractivity contribution in [2.45, 2.75) is 12.8 Å². The first-order valence-corrected chi connectivity index (χ1v) is 6.56. The summed E-state index contributed by atoms with van der Waals surface area (Å²) in [6.45, 7) is 0. The third-order valence-electron chi connectivity index (χ3n) is 3.17. The molecule has 2 aromatic carbocycles. The normalized spacial score (nSPS) is 10.2. The van der Waals surface area contributed by atoms with Gasteiger partial charge >= 0.3 is 5.97 Å². The highest BCUT2D eigenvalue weighted by Gasteiger charge is 2.09. The molecule has 0 heterocycles. The summed E-state index contributed by atoms with van der Waals surface area (Å²) < 4.78 is 17.4. The summed E-state index contributed by atoms with van der Waals surface area (Å²) in [7, 11) is 1.30. The molecule has 0 fully saturated rings. The van der Waals surface area contributed by atoms with Crippen LogP contribution in [0.4, 0.5) is 4.39 Å². The third kappa shape index (κ3) is 3.99. The number of methoxy groups -OCH3 is 1. The molecule has 0 saturated carbocycles. The summed E-state index contributed by atoms with van der Waals surface area (Å²) in [5.41, 5.74) is 2.33. The van der Waals surface area contributed by atoms with E-state index >= 15 is 0 Å². The molecule has 0 atom stereocenters. The van der Waals surface area contributed by atoms with Gasteiger partial charge in [-0.1, -0.05) is 36.4 Å². The van der Waals surface area contributed by atoms with Crippen LogP contribution < -0.4 is 0 Å². The lowest BCUT2D eigenvalue weighted by atomic mass is 10.0. The number of Topliss-reactive ketones (excluding diaryl/α,β-unsaturated/α-hetero) is 1. The minimum atomic E-state index is -0.397. The molecule has 2 aromatic rings. The number of carbonyl (C=O) groups is 2. The highest BCUT2D eigenvalue weighted by Crippen LogP contribution is 2.20. The molecule has 0 unspecified atom stereocenters. The molecule has 0 aliphatic carbocycles. The molecular formula is C17H15FO3. The van der Waals surface area contributed by atoms with Crippen LogP contribution in [0.25, 0.3) is 11.1 Å². The van der Waals surface area contributed by atoms with E-state index in [2.05, 4.69) is 4.74 Å². The number of carbonyl (C=O) groups excluding carboxylic acids is 2. The van der Waals surface area contributed by atoms with Gasteiger partial charge in [0.15, 0.2) is 5.78 Å². The lowest BCUT2D eigenvalue weighted by molar-refractivity contribution is -0.140. The van der Waals surface area contributed by atoms with Gasteiger partial charge in [-0.05, 0) is 23.3 Å². The zero-order valence-electron chi connectivity index (χ0n) is 11.6. The van der Waals surface area contributed by atoms with E-state index in [0.717, 1.165) is 11.1 Å². The number of hydrogen-bond donors (Lipinski definition) is 0. The zero-order valence-corrected chi connectivity index (χ0v) is 11.6. The Kier molecular flexibility index (Phi) is 4.82. The van der Waals surface area contributed by atoms with Crippen molar-refractivity contribution in [1.29, 1.82) is 0 Å². The molecule has 0 amide bonds.